The number of guanidine groups is 1. The average molecular weight is 353 g/mol. The summed E-state index contributed by atoms with van der Waals surface area (Å²) >= 11 is 1.67. The zero-order valence-electron chi connectivity index (χ0n) is 13.7. The summed E-state index contributed by atoms with van der Waals surface area (Å²) in [5.74, 6) is 0.798. The number of nitrogens with one attached hydrogen (secondary N) is 2. The zero-order valence-corrected chi connectivity index (χ0v) is 14.5. The quantitative estimate of drug-likeness (QED) is 0.591. The molecule has 0 aliphatic heterocycles. The topological polar surface area (TPSA) is 45.7 Å². The molecular weight excluding hydrogens is 332 g/mol. The SMILES string of the molecule is CN=C(NCCc1ccsc1)NCc1cc(C)ccc1OC(F)F. The molecular formula is C17H21F2N3OS. The molecule has 1 aromatic heterocycles. The van der Waals surface area contributed by atoms with Gasteiger partial charge in [0.15, 0.2) is 5.96 Å². The van der Waals surface area contributed by atoms with E-state index in [2.05, 4.69) is 31.8 Å². The fourth-order valence-electron chi connectivity index (χ4n) is 2.22. The van der Waals surface area contributed by atoms with Crippen LogP contribution in [-0.2, 0) is 13.0 Å². The van der Waals surface area contributed by atoms with Crippen LogP contribution in [0.15, 0.2) is 40.0 Å². The first-order valence-corrected chi connectivity index (χ1v) is 8.52. The lowest BCUT2D eigenvalue weighted by Crippen LogP contribution is -2.37. The van der Waals surface area contributed by atoms with Gasteiger partial charge in [-0.25, -0.2) is 0 Å². The molecule has 2 aromatic rings. The molecule has 0 bridgehead atoms. The summed E-state index contributed by atoms with van der Waals surface area (Å²) in [6.07, 6.45) is 0.897. The van der Waals surface area contributed by atoms with Crippen molar-refractivity contribution in [3.05, 3.63) is 51.7 Å². The van der Waals surface area contributed by atoms with Gasteiger partial charge in [0.05, 0.1) is 0 Å². The molecule has 130 valence electrons. The molecule has 0 saturated carbocycles. The number of alkyl halides is 2. The number of nitrogens with zero attached hydrogens (tertiary/aromatic N) is 1. The first kappa shape index (κ1) is 18.2. The average Bonchev–Trinajstić information content (AvgIpc) is 3.06. The smallest absolute Gasteiger partial charge is 0.387 e. The van der Waals surface area contributed by atoms with Crippen LogP contribution in [0.3, 0.4) is 0 Å². The summed E-state index contributed by atoms with van der Waals surface area (Å²) in [4.78, 5) is 4.14. The van der Waals surface area contributed by atoms with Crippen LogP contribution in [0.25, 0.3) is 0 Å². The first-order valence-electron chi connectivity index (χ1n) is 7.58. The molecule has 0 fully saturated rings. The number of hydrogen-bond acceptors (Lipinski definition) is 3. The fraction of sp³-hybridized carbons (Fsp3) is 0.353. The summed E-state index contributed by atoms with van der Waals surface area (Å²) in [6, 6.07) is 7.22. The van der Waals surface area contributed by atoms with Crippen molar-refractivity contribution in [2.75, 3.05) is 13.6 Å². The van der Waals surface area contributed by atoms with Gasteiger partial charge in [0.25, 0.3) is 0 Å². The van der Waals surface area contributed by atoms with Gasteiger partial charge < -0.3 is 15.4 Å². The van der Waals surface area contributed by atoms with Gasteiger partial charge >= 0.3 is 6.61 Å². The standard InChI is InChI=1S/C17H21F2N3OS/c1-12-3-4-15(23-16(18)19)14(9-12)10-22-17(20-2)21-7-5-13-6-8-24-11-13/h3-4,6,8-9,11,16H,5,7,10H2,1-2H3,(H2,20,21,22). The van der Waals surface area contributed by atoms with E-state index in [1.54, 1.807) is 30.5 Å². The third-order valence-corrected chi connectivity index (χ3v) is 4.12. The van der Waals surface area contributed by atoms with E-state index in [-0.39, 0.29) is 5.75 Å². The van der Waals surface area contributed by atoms with Crippen molar-refractivity contribution in [3.63, 3.8) is 0 Å². The molecule has 0 amide bonds. The van der Waals surface area contributed by atoms with E-state index in [4.69, 9.17) is 0 Å². The Hall–Kier alpha value is -2.15. The van der Waals surface area contributed by atoms with Crippen LogP contribution in [0.2, 0.25) is 0 Å². The minimum absolute atomic E-state index is 0.178. The number of benzene rings is 1. The minimum Gasteiger partial charge on any atom is -0.434 e. The zero-order chi connectivity index (χ0) is 17.4. The maximum absolute atomic E-state index is 12.5. The molecule has 4 nitrogen and oxygen atoms in total. The van der Waals surface area contributed by atoms with Crippen molar-refractivity contribution in [3.8, 4) is 5.75 Å². The van der Waals surface area contributed by atoms with Crippen LogP contribution in [-0.4, -0.2) is 26.2 Å². The van der Waals surface area contributed by atoms with E-state index in [9.17, 15) is 8.78 Å². The highest BCUT2D eigenvalue weighted by Gasteiger charge is 2.10. The molecule has 2 rings (SSSR count). The van der Waals surface area contributed by atoms with Crippen LogP contribution in [0.5, 0.6) is 5.75 Å². The van der Waals surface area contributed by atoms with Crippen molar-refractivity contribution < 1.29 is 13.5 Å². The van der Waals surface area contributed by atoms with Gasteiger partial charge in [-0.3, -0.25) is 4.99 Å². The van der Waals surface area contributed by atoms with Crippen LogP contribution >= 0.6 is 11.3 Å². The van der Waals surface area contributed by atoms with E-state index < -0.39 is 6.61 Å². The molecule has 0 aliphatic carbocycles. The Morgan fingerprint density at radius 3 is 2.79 bits per heavy atom. The Balaban J connectivity index is 1.89. The number of thiophene rings is 1. The second kappa shape index (κ2) is 9.22. The molecule has 1 heterocycles. The predicted octanol–water partition coefficient (Wildman–Crippen LogP) is 3.57. The van der Waals surface area contributed by atoms with Crippen molar-refractivity contribution in [1.29, 1.82) is 0 Å². The van der Waals surface area contributed by atoms with Gasteiger partial charge in [0.1, 0.15) is 5.75 Å². The molecule has 0 atom stereocenters. The molecule has 0 spiro atoms. The third kappa shape index (κ3) is 5.81. The van der Waals surface area contributed by atoms with Gasteiger partial charge in [-0.05, 0) is 41.8 Å². The van der Waals surface area contributed by atoms with Gasteiger partial charge in [-0.1, -0.05) is 17.7 Å². The van der Waals surface area contributed by atoms with Gasteiger partial charge in [0.2, 0.25) is 0 Å². The monoisotopic (exact) mass is 353 g/mol. The van der Waals surface area contributed by atoms with Gasteiger partial charge in [-0.15, -0.1) is 0 Å². The van der Waals surface area contributed by atoms with Crippen LogP contribution in [0.4, 0.5) is 8.78 Å². The second-order valence-corrected chi connectivity index (χ2v) is 6.00. The number of aliphatic imine (C=N–C) groups is 1. The van der Waals surface area contributed by atoms with Crippen molar-refractivity contribution in [2.45, 2.75) is 26.5 Å². The van der Waals surface area contributed by atoms with Gasteiger partial charge in [0, 0.05) is 25.7 Å². The number of halogens is 2. The van der Waals surface area contributed by atoms with E-state index in [0.29, 0.717) is 18.1 Å². The number of ether oxygens (including phenoxy) is 1. The van der Waals surface area contributed by atoms with Crippen LogP contribution < -0.4 is 15.4 Å². The predicted molar refractivity (Wildman–Crippen MR) is 94.0 cm³/mol. The third-order valence-electron chi connectivity index (χ3n) is 3.39. The van der Waals surface area contributed by atoms with Crippen LogP contribution in [0, 0.1) is 6.92 Å². The second-order valence-electron chi connectivity index (χ2n) is 5.22. The Kier molecular flexibility index (Phi) is 6.99. The summed E-state index contributed by atoms with van der Waals surface area (Å²) in [6.45, 7) is 0.158. The number of aryl methyl sites for hydroxylation is 1. The fourth-order valence-corrected chi connectivity index (χ4v) is 2.92. The van der Waals surface area contributed by atoms with Crippen LogP contribution in [0.1, 0.15) is 16.7 Å². The lowest BCUT2D eigenvalue weighted by molar-refractivity contribution is -0.0504. The molecule has 7 heteroatoms. The molecule has 24 heavy (non-hydrogen) atoms. The molecule has 0 unspecified atom stereocenters. The number of hydrogen-bond donors (Lipinski definition) is 2. The summed E-state index contributed by atoms with van der Waals surface area (Å²) in [5, 5.41) is 10.5. The highest BCUT2D eigenvalue weighted by molar-refractivity contribution is 7.07. The van der Waals surface area contributed by atoms with E-state index in [1.165, 1.54) is 5.56 Å². The van der Waals surface area contributed by atoms with Gasteiger partial charge in [-0.2, -0.15) is 20.1 Å². The lowest BCUT2D eigenvalue weighted by Gasteiger charge is -2.15. The van der Waals surface area contributed by atoms with Crippen molar-refractivity contribution >= 4 is 17.3 Å². The van der Waals surface area contributed by atoms with E-state index in [0.717, 1.165) is 18.5 Å². The Bertz CT molecular complexity index is 660. The maximum Gasteiger partial charge on any atom is 0.387 e. The minimum atomic E-state index is -2.84. The highest BCUT2D eigenvalue weighted by atomic mass is 32.1. The largest absolute Gasteiger partial charge is 0.434 e. The van der Waals surface area contributed by atoms with E-state index in [1.807, 2.05) is 18.4 Å². The van der Waals surface area contributed by atoms with Crippen molar-refractivity contribution in [1.82, 2.24) is 10.6 Å². The first-order chi connectivity index (χ1) is 11.6. The molecule has 0 saturated heterocycles. The molecule has 0 radical (unpaired) electrons. The molecule has 0 aliphatic rings. The van der Waals surface area contributed by atoms with Crippen molar-refractivity contribution in [2.24, 2.45) is 4.99 Å². The Morgan fingerprint density at radius 2 is 2.12 bits per heavy atom. The molecule has 2 N–H and O–H groups in total. The van der Waals surface area contributed by atoms with E-state index >= 15 is 0 Å². The highest BCUT2D eigenvalue weighted by Crippen LogP contribution is 2.21. The Labute approximate surface area is 144 Å². The summed E-state index contributed by atoms with van der Waals surface area (Å²) in [5.41, 5.74) is 2.92. The number of rotatable bonds is 7. The summed E-state index contributed by atoms with van der Waals surface area (Å²) in [7, 11) is 1.67. The normalized spacial score (nSPS) is 11.6. The maximum atomic E-state index is 12.5. The Morgan fingerprint density at radius 1 is 1.29 bits per heavy atom. The molecule has 1 aromatic carbocycles. The summed E-state index contributed by atoms with van der Waals surface area (Å²) < 4.78 is 29.5. The lowest BCUT2D eigenvalue weighted by atomic mass is 10.1.